The van der Waals surface area contributed by atoms with Gasteiger partial charge in [-0.25, -0.2) is 13.1 Å². The van der Waals surface area contributed by atoms with Gasteiger partial charge >= 0.3 is 6.55 Å². The van der Waals surface area contributed by atoms with Crippen LogP contribution in [0.5, 0.6) is 5.75 Å². The molecule has 1 saturated heterocycles. The molecule has 2 aliphatic heterocycles. The molecule has 3 N–H and O–H groups in total. The highest BCUT2D eigenvalue weighted by atomic mass is 32.2. The molecule has 3 heterocycles. The molecule has 2 aromatic rings. The van der Waals surface area contributed by atoms with Crippen molar-refractivity contribution in [3.8, 4) is 5.75 Å². The molecule has 4 rings (SSSR count). The number of hydrogen-bond donors (Lipinski definition) is 3. The van der Waals surface area contributed by atoms with E-state index in [0.29, 0.717) is 28.1 Å². The number of alkyl halides is 2. The summed E-state index contributed by atoms with van der Waals surface area (Å²) in [5.41, 5.74) is -0.447. The van der Waals surface area contributed by atoms with Gasteiger partial charge in [0.15, 0.2) is 15.5 Å². The summed E-state index contributed by atoms with van der Waals surface area (Å²) in [5.74, 6) is -0.592. The monoisotopic (exact) mass is 453 g/mol. The van der Waals surface area contributed by atoms with Crippen LogP contribution in [0.15, 0.2) is 30.5 Å². The number of sulfone groups is 1. The highest BCUT2D eigenvalue weighted by Gasteiger charge is 2.54. The van der Waals surface area contributed by atoms with Crippen molar-refractivity contribution in [1.82, 2.24) is 15.1 Å². The number of nitrogens with one attached hydrogen (secondary N) is 3. The summed E-state index contributed by atoms with van der Waals surface area (Å²) in [6, 6.07) is 5.90. The molecule has 9 nitrogen and oxygen atoms in total. The minimum atomic E-state index is -3.66. The highest BCUT2D eigenvalue weighted by molar-refractivity contribution is 7.93. The zero-order valence-electron chi connectivity index (χ0n) is 16.8. The van der Waals surface area contributed by atoms with Crippen LogP contribution in [-0.2, 0) is 15.4 Å². The zero-order chi connectivity index (χ0) is 22.6. The third kappa shape index (κ3) is 3.44. The van der Waals surface area contributed by atoms with Crippen LogP contribution in [0, 0.1) is 5.41 Å². The Morgan fingerprint density at radius 3 is 2.74 bits per heavy atom. The van der Waals surface area contributed by atoms with Crippen LogP contribution in [0.1, 0.15) is 42.9 Å². The van der Waals surface area contributed by atoms with E-state index in [1.807, 2.05) is 0 Å². The van der Waals surface area contributed by atoms with Gasteiger partial charge in [-0.15, -0.1) is 0 Å². The third-order valence-electron chi connectivity index (χ3n) is 5.76. The number of rotatable bonds is 3. The molecule has 0 bridgehead atoms. The van der Waals surface area contributed by atoms with Gasteiger partial charge in [-0.1, -0.05) is 0 Å². The summed E-state index contributed by atoms with van der Waals surface area (Å²) in [5, 5.41) is 17.5. The van der Waals surface area contributed by atoms with E-state index in [4.69, 9.17) is 10.1 Å². The number of nitrogens with zero attached hydrogens (tertiary/aromatic N) is 2. The van der Waals surface area contributed by atoms with Crippen LogP contribution in [0.2, 0.25) is 0 Å². The second-order valence-corrected chi connectivity index (χ2v) is 10.6. The second kappa shape index (κ2) is 7.01. The smallest absolute Gasteiger partial charge is 0.333 e. The number of carbonyl (C=O) groups excluding carboxylic acids is 1. The average Bonchev–Trinajstić information content (AvgIpc) is 3.18. The quantitative estimate of drug-likeness (QED) is 0.655. The first-order valence-electron chi connectivity index (χ1n) is 9.47. The van der Waals surface area contributed by atoms with Crippen molar-refractivity contribution >= 4 is 27.3 Å². The van der Waals surface area contributed by atoms with Crippen LogP contribution in [0.4, 0.5) is 14.5 Å². The van der Waals surface area contributed by atoms with Crippen molar-refractivity contribution in [3.63, 3.8) is 0 Å². The van der Waals surface area contributed by atoms with E-state index >= 15 is 0 Å². The maximum atomic E-state index is 12.9. The normalized spacial score (nSPS) is 23.7. The molecule has 1 amide bonds. The number of halogens is 2. The summed E-state index contributed by atoms with van der Waals surface area (Å²) < 4.78 is 56.0. The van der Waals surface area contributed by atoms with Gasteiger partial charge in [0.2, 0.25) is 0 Å². The molecule has 0 radical (unpaired) electrons. The first-order valence-corrected chi connectivity index (χ1v) is 11.1. The Balaban J connectivity index is 1.67. The van der Waals surface area contributed by atoms with Crippen molar-refractivity contribution in [3.05, 3.63) is 41.7 Å². The summed E-state index contributed by atoms with van der Waals surface area (Å²) in [4.78, 5) is 12.4. The van der Waals surface area contributed by atoms with E-state index in [1.165, 1.54) is 19.9 Å². The number of amidine groups is 1. The van der Waals surface area contributed by atoms with Gasteiger partial charge < -0.3 is 15.4 Å². The topological polar surface area (TPSA) is 126 Å². The molecule has 0 aliphatic carbocycles. The first-order chi connectivity index (χ1) is 14.4. The van der Waals surface area contributed by atoms with Crippen LogP contribution in [-0.4, -0.2) is 47.0 Å². The van der Waals surface area contributed by atoms with Gasteiger partial charge in [-0.2, -0.15) is 13.9 Å². The molecule has 1 aromatic carbocycles. The van der Waals surface area contributed by atoms with Crippen molar-refractivity contribution in [1.29, 1.82) is 5.41 Å². The van der Waals surface area contributed by atoms with Crippen molar-refractivity contribution in [2.24, 2.45) is 0 Å². The first kappa shape index (κ1) is 21.2. The predicted octanol–water partition coefficient (Wildman–Crippen LogP) is 2.28. The fourth-order valence-corrected chi connectivity index (χ4v) is 5.45. The van der Waals surface area contributed by atoms with E-state index < -0.39 is 32.6 Å². The number of fused-ring (bicyclic) bond motifs is 2. The fourth-order valence-electron chi connectivity index (χ4n) is 3.71. The molecule has 2 aliphatic rings. The Hall–Kier alpha value is -3.02. The van der Waals surface area contributed by atoms with Crippen molar-refractivity contribution < 1.29 is 26.7 Å². The molecule has 31 heavy (non-hydrogen) atoms. The SMILES string of the molecule is CC1(C)C(=N)N[C@@]2(CCOc3ccc(NC(=O)c4ccn(C(F)F)n4)cc32)CS1(=O)=O. The lowest BCUT2D eigenvalue weighted by molar-refractivity contribution is 0.0561. The Labute approximate surface area is 177 Å². The number of hydrogen-bond acceptors (Lipinski definition) is 6. The Morgan fingerprint density at radius 2 is 2.10 bits per heavy atom. The maximum Gasteiger partial charge on any atom is 0.333 e. The number of anilines is 1. The molecule has 1 fully saturated rings. The van der Waals surface area contributed by atoms with E-state index in [-0.39, 0.29) is 23.9 Å². The molecule has 1 atom stereocenters. The van der Waals surface area contributed by atoms with Crippen molar-refractivity contribution in [2.45, 2.75) is 37.1 Å². The Kier molecular flexibility index (Phi) is 4.80. The molecule has 0 saturated carbocycles. The third-order valence-corrected chi connectivity index (χ3v) is 8.39. The Bertz CT molecular complexity index is 1180. The zero-order valence-corrected chi connectivity index (χ0v) is 17.6. The minimum Gasteiger partial charge on any atom is -0.493 e. The van der Waals surface area contributed by atoms with Crippen LogP contribution >= 0.6 is 0 Å². The molecule has 166 valence electrons. The number of ether oxygens (including phenoxy) is 1. The summed E-state index contributed by atoms with van der Waals surface area (Å²) in [6.07, 6.45) is 1.31. The lowest BCUT2D eigenvalue weighted by atomic mass is 9.84. The van der Waals surface area contributed by atoms with Gasteiger partial charge in [0, 0.05) is 23.9 Å². The molecular weight excluding hydrogens is 432 g/mol. The maximum absolute atomic E-state index is 12.9. The van der Waals surface area contributed by atoms with Gasteiger partial charge in [-0.05, 0) is 38.1 Å². The molecule has 1 aromatic heterocycles. The Morgan fingerprint density at radius 1 is 1.35 bits per heavy atom. The number of benzene rings is 1. The number of carbonyl (C=O) groups is 1. The van der Waals surface area contributed by atoms with E-state index in [9.17, 15) is 22.0 Å². The standard InChI is InChI=1S/C19H21F2N5O4S/c1-18(2)16(22)24-19(10-31(18,28)29)6-8-30-14-4-3-11(9-12(14)19)23-15(27)13-5-7-26(25-13)17(20)21/h3-5,7,9,17H,6,8,10H2,1-2H3,(H2,22,24)(H,23,27)/t19-/m0/s1. The summed E-state index contributed by atoms with van der Waals surface area (Å²) >= 11 is 0. The predicted molar refractivity (Wildman–Crippen MR) is 108 cm³/mol. The lowest BCUT2D eigenvalue weighted by Crippen LogP contribution is -2.65. The van der Waals surface area contributed by atoms with Crippen molar-refractivity contribution in [2.75, 3.05) is 17.7 Å². The largest absolute Gasteiger partial charge is 0.493 e. The molecular formula is C19H21F2N5O4S. The molecule has 1 spiro atoms. The van der Waals surface area contributed by atoms with Gasteiger partial charge in [0.05, 0.1) is 17.9 Å². The minimum absolute atomic E-state index is 0.112. The number of aromatic nitrogens is 2. The van der Waals surface area contributed by atoms with Crippen LogP contribution < -0.4 is 15.4 Å². The fraction of sp³-hybridized carbons (Fsp3) is 0.421. The summed E-state index contributed by atoms with van der Waals surface area (Å²) in [7, 11) is -3.66. The van der Waals surface area contributed by atoms with Gasteiger partial charge in [0.25, 0.3) is 5.91 Å². The van der Waals surface area contributed by atoms with Gasteiger partial charge in [-0.3, -0.25) is 10.2 Å². The van der Waals surface area contributed by atoms with E-state index in [0.717, 1.165) is 6.20 Å². The van der Waals surface area contributed by atoms with Crippen LogP contribution in [0.25, 0.3) is 0 Å². The van der Waals surface area contributed by atoms with E-state index in [1.54, 1.807) is 18.2 Å². The van der Waals surface area contributed by atoms with Crippen LogP contribution in [0.3, 0.4) is 0 Å². The second-order valence-electron chi connectivity index (χ2n) is 8.07. The van der Waals surface area contributed by atoms with Gasteiger partial charge in [0.1, 0.15) is 16.3 Å². The molecule has 0 unspecified atom stereocenters. The number of amides is 1. The highest BCUT2D eigenvalue weighted by Crippen LogP contribution is 2.43. The summed E-state index contributed by atoms with van der Waals surface area (Å²) in [6.45, 7) is 0.376. The molecule has 12 heteroatoms. The average molecular weight is 453 g/mol. The van der Waals surface area contributed by atoms with E-state index in [2.05, 4.69) is 15.7 Å². The lowest BCUT2D eigenvalue weighted by Gasteiger charge is -2.47.